The van der Waals surface area contributed by atoms with Gasteiger partial charge in [0.05, 0.1) is 34.9 Å². The number of hydrogen-bond donors (Lipinski definition) is 2. The van der Waals surface area contributed by atoms with Gasteiger partial charge in [0.15, 0.2) is 12.4 Å². The highest BCUT2D eigenvalue weighted by Gasteiger charge is 2.72. The molecule has 0 radical (unpaired) electrons. The first-order valence-electron chi connectivity index (χ1n) is 16.1. The molecule has 0 aromatic rings. The van der Waals surface area contributed by atoms with Crippen LogP contribution in [-0.4, -0.2) is 76.6 Å². The zero-order chi connectivity index (χ0) is 31.7. The van der Waals surface area contributed by atoms with Crippen LogP contribution >= 0.6 is 0 Å². The SMILES string of the molecule is CC(=O)O[C@H]1[C@@H](OC(C)=O)C[C@H](O[C@@H]2CC[C@]3(C#N)[C@H]4CC[C@]5(C)[C@H](C6=CC(=O)OC6)CC[C@]5(O)[C@@H]4CC[C@@]3(O)C2)O[C@@H]1C. The molecule has 5 fully saturated rings. The van der Waals surface area contributed by atoms with Gasteiger partial charge in [-0.25, -0.2) is 4.79 Å². The van der Waals surface area contributed by atoms with Crippen LogP contribution in [0.5, 0.6) is 0 Å². The van der Waals surface area contributed by atoms with Crippen LogP contribution in [0.2, 0.25) is 0 Å². The zero-order valence-electron chi connectivity index (χ0n) is 26.1. The first-order valence-corrected chi connectivity index (χ1v) is 16.1. The average molecular weight is 616 g/mol. The Hall–Kier alpha value is -2.52. The summed E-state index contributed by atoms with van der Waals surface area (Å²) in [5.74, 6) is -1.56. The number of nitriles is 1. The van der Waals surface area contributed by atoms with Gasteiger partial charge in [-0.05, 0) is 81.6 Å². The van der Waals surface area contributed by atoms with E-state index in [1.807, 2.05) is 0 Å². The molecule has 0 amide bonds. The van der Waals surface area contributed by atoms with E-state index < -0.39 is 64.7 Å². The molecule has 2 N–H and O–H groups in total. The lowest BCUT2D eigenvalue weighted by atomic mass is 9.41. The minimum absolute atomic E-state index is 0.0528. The minimum Gasteiger partial charge on any atom is -0.458 e. The molecule has 4 saturated carbocycles. The summed E-state index contributed by atoms with van der Waals surface area (Å²) in [4.78, 5) is 35.3. The van der Waals surface area contributed by atoms with Gasteiger partial charge >= 0.3 is 17.9 Å². The summed E-state index contributed by atoms with van der Waals surface area (Å²) in [5.41, 5.74) is -2.78. The van der Waals surface area contributed by atoms with Gasteiger partial charge in [0.25, 0.3) is 0 Å². The third-order valence-electron chi connectivity index (χ3n) is 12.3. The van der Waals surface area contributed by atoms with Crippen molar-refractivity contribution in [1.29, 1.82) is 5.26 Å². The van der Waals surface area contributed by atoms with Gasteiger partial charge in [0, 0.05) is 38.2 Å². The largest absolute Gasteiger partial charge is 0.458 e. The van der Waals surface area contributed by atoms with E-state index in [1.54, 1.807) is 13.0 Å². The number of carbonyl (C=O) groups excluding carboxylic acids is 3. The van der Waals surface area contributed by atoms with Gasteiger partial charge in [0.1, 0.15) is 12.7 Å². The molecule has 4 aliphatic carbocycles. The molecule has 0 aromatic heterocycles. The van der Waals surface area contributed by atoms with Gasteiger partial charge in [-0.2, -0.15) is 5.26 Å². The molecule has 1 saturated heterocycles. The van der Waals surface area contributed by atoms with Crippen molar-refractivity contribution in [3.8, 4) is 6.07 Å². The van der Waals surface area contributed by atoms with Gasteiger partial charge in [0.2, 0.25) is 0 Å². The Morgan fingerprint density at radius 1 is 1.02 bits per heavy atom. The Morgan fingerprint density at radius 3 is 2.41 bits per heavy atom. The normalized spacial score (nSPS) is 48.1. The Bertz CT molecular complexity index is 1280. The topological polar surface area (TPSA) is 162 Å². The molecule has 2 heterocycles. The fraction of sp³-hybridized carbons (Fsp3) is 0.818. The number of nitrogens with zero attached hydrogens (tertiary/aromatic N) is 1. The molecule has 0 aromatic carbocycles. The van der Waals surface area contributed by atoms with E-state index in [2.05, 4.69) is 13.0 Å². The van der Waals surface area contributed by atoms with Crippen LogP contribution in [0.3, 0.4) is 0 Å². The van der Waals surface area contributed by atoms with Crippen molar-refractivity contribution in [2.75, 3.05) is 6.61 Å². The van der Waals surface area contributed by atoms with E-state index in [1.165, 1.54) is 13.8 Å². The highest BCUT2D eigenvalue weighted by Crippen LogP contribution is 2.70. The van der Waals surface area contributed by atoms with E-state index in [0.29, 0.717) is 44.9 Å². The van der Waals surface area contributed by atoms with Crippen molar-refractivity contribution >= 4 is 17.9 Å². The summed E-state index contributed by atoms with van der Waals surface area (Å²) >= 11 is 0. The van der Waals surface area contributed by atoms with Crippen LogP contribution in [0, 0.1) is 39.9 Å². The van der Waals surface area contributed by atoms with Crippen LogP contribution < -0.4 is 0 Å². The number of rotatable bonds is 5. The van der Waals surface area contributed by atoms with Crippen molar-refractivity contribution in [2.45, 2.75) is 134 Å². The van der Waals surface area contributed by atoms with E-state index in [4.69, 9.17) is 23.7 Å². The highest BCUT2D eigenvalue weighted by molar-refractivity contribution is 5.85. The predicted octanol–water partition coefficient (Wildman–Crippen LogP) is 3.25. The summed E-state index contributed by atoms with van der Waals surface area (Å²) in [6.45, 7) is 6.74. The monoisotopic (exact) mass is 615 g/mol. The Balaban J connectivity index is 1.18. The summed E-state index contributed by atoms with van der Waals surface area (Å²) in [6, 6.07) is 2.59. The van der Waals surface area contributed by atoms with E-state index in [9.17, 15) is 29.9 Å². The maximum absolute atomic E-state index is 12.5. The van der Waals surface area contributed by atoms with Crippen molar-refractivity contribution in [3.05, 3.63) is 11.6 Å². The quantitative estimate of drug-likeness (QED) is 0.265. The number of carbonyl (C=O) groups is 3. The number of fused-ring (bicyclic) bond motifs is 5. The predicted molar refractivity (Wildman–Crippen MR) is 152 cm³/mol. The fourth-order valence-electron chi connectivity index (χ4n) is 10.4. The van der Waals surface area contributed by atoms with Crippen molar-refractivity contribution < 1.29 is 48.3 Å². The van der Waals surface area contributed by atoms with Gasteiger partial charge < -0.3 is 33.9 Å². The smallest absolute Gasteiger partial charge is 0.331 e. The van der Waals surface area contributed by atoms with Gasteiger partial charge in [-0.15, -0.1) is 0 Å². The van der Waals surface area contributed by atoms with Gasteiger partial charge in [-0.3, -0.25) is 9.59 Å². The second kappa shape index (κ2) is 11.1. The third kappa shape index (κ3) is 4.79. The molecular formula is C33H45NO10. The summed E-state index contributed by atoms with van der Waals surface area (Å²) in [5, 5.41) is 35.5. The molecule has 0 unspecified atom stereocenters. The number of ether oxygens (including phenoxy) is 5. The maximum atomic E-state index is 12.5. The van der Waals surface area contributed by atoms with Gasteiger partial charge in [-0.1, -0.05) is 6.92 Å². The summed E-state index contributed by atoms with van der Waals surface area (Å²) in [6.07, 6.45) is 3.53. The standard InChI is InChI=1S/C33H45NO10/c1-18-29(43-20(3)36)26(42-19(2)35)14-28(41-18)44-22-5-10-31(17-34)24-6-9-30(4)23(21-13-27(37)40-16-21)8-12-33(30,39)25(24)7-11-32(31,38)15-22/h13,18,22-26,28-29,38-39H,5-12,14-16H2,1-4H3/t18-,22-,23+,24+,25-,26+,28+,29-,30-,31+,32-,33+/m1/s1. The minimum atomic E-state index is -1.29. The molecule has 12 atom stereocenters. The van der Waals surface area contributed by atoms with Crippen molar-refractivity contribution in [3.63, 3.8) is 0 Å². The lowest BCUT2D eigenvalue weighted by Crippen LogP contribution is -2.68. The molecule has 0 bridgehead atoms. The molecule has 6 aliphatic rings. The van der Waals surface area contributed by atoms with E-state index in [0.717, 1.165) is 12.0 Å². The third-order valence-corrected chi connectivity index (χ3v) is 12.3. The van der Waals surface area contributed by atoms with Crippen LogP contribution in [0.15, 0.2) is 11.6 Å². The van der Waals surface area contributed by atoms with Crippen LogP contribution in [0.25, 0.3) is 0 Å². The molecular weight excluding hydrogens is 570 g/mol. The first-order chi connectivity index (χ1) is 20.7. The Labute approximate surface area is 258 Å². The van der Waals surface area contributed by atoms with Crippen molar-refractivity contribution in [2.24, 2.45) is 28.6 Å². The average Bonchev–Trinajstić information content (AvgIpc) is 3.49. The van der Waals surface area contributed by atoms with Crippen LogP contribution in [0.1, 0.15) is 91.9 Å². The molecule has 11 nitrogen and oxygen atoms in total. The number of hydrogen-bond acceptors (Lipinski definition) is 11. The molecule has 11 heteroatoms. The lowest BCUT2D eigenvalue weighted by molar-refractivity contribution is -0.287. The number of aliphatic hydroxyl groups is 2. The van der Waals surface area contributed by atoms with Crippen LogP contribution in [-0.2, 0) is 38.1 Å². The second-order valence-corrected chi connectivity index (χ2v) is 14.4. The lowest BCUT2D eigenvalue weighted by Gasteiger charge is -2.64. The summed E-state index contributed by atoms with van der Waals surface area (Å²) < 4.78 is 28.5. The van der Waals surface area contributed by atoms with Crippen LogP contribution in [0.4, 0.5) is 0 Å². The second-order valence-electron chi connectivity index (χ2n) is 14.4. The number of cyclic esters (lactones) is 1. The van der Waals surface area contributed by atoms with E-state index in [-0.39, 0.29) is 43.2 Å². The van der Waals surface area contributed by atoms with Crippen molar-refractivity contribution in [1.82, 2.24) is 0 Å². The molecule has 242 valence electrons. The Morgan fingerprint density at radius 2 is 1.75 bits per heavy atom. The molecule has 6 rings (SSSR count). The maximum Gasteiger partial charge on any atom is 0.331 e. The number of esters is 3. The zero-order valence-corrected chi connectivity index (χ0v) is 26.1. The highest BCUT2D eigenvalue weighted by atomic mass is 16.7. The Kier molecular flexibility index (Phi) is 7.92. The molecule has 44 heavy (non-hydrogen) atoms. The molecule has 0 spiro atoms. The molecule has 2 aliphatic heterocycles. The summed E-state index contributed by atoms with van der Waals surface area (Å²) in [7, 11) is 0. The van der Waals surface area contributed by atoms with E-state index >= 15 is 0 Å². The fourth-order valence-corrected chi connectivity index (χ4v) is 10.4. The first kappa shape index (κ1) is 31.5.